The van der Waals surface area contributed by atoms with Gasteiger partial charge in [-0.2, -0.15) is 5.10 Å². The summed E-state index contributed by atoms with van der Waals surface area (Å²) in [6.07, 6.45) is 3.33. The first-order valence-corrected chi connectivity index (χ1v) is 5.43. The maximum absolute atomic E-state index is 11.8. The van der Waals surface area contributed by atoms with Gasteiger partial charge in [0.05, 0.1) is 6.04 Å². The number of nitrogens with zero attached hydrogens (tertiary/aromatic N) is 2. The minimum Gasteiger partial charge on any atom is -0.344 e. The summed E-state index contributed by atoms with van der Waals surface area (Å²) >= 11 is 0. The van der Waals surface area contributed by atoms with Gasteiger partial charge < -0.3 is 5.32 Å². The fourth-order valence-corrected chi connectivity index (χ4v) is 1.48. The van der Waals surface area contributed by atoms with Crippen molar-refractivity contribution in [1.82, 2.24) is 20.5 Å². The highest BCUT2D eigenvalue weighted by Gasteiger charge is 2.12. The first kappa shape index (κ1) is 12.0. The normalized spacial score (nSPS) is 11.8. The third kappa shape index (κ3) is 2.79. The van der Waals surface area contributed by atoms with Crippen molar-refractivity contribution >= 4 is 5.91 Å². The molecule has 1 amide bonds. The topological polar surface area (TPSA) is 87.7 Å². The lowest BCUT2D eigenvalue weighted by atomic mass is 10.1. The van der Waals surface area contributed by atoms with Crippen molar-refractivity contribution in [3.8, 4) is 0 Å². The summed E-state index contributed by atoms with van der Waals surface area (Å²) in [4.78, 5) is 26.6. The van der Waals surface area contributed by atoms with Crippen molar-refractivity contribution in [2.75, 3.05) is 0 Å². The fourth-order valence-electron chi connectivity index (χ4n) is 1.48. The average Bonchev–Trinajstić information content (AvgIpc) is 2.40. The van der Waals surface area contributed by atoms with Gasteiger partial charge in [0.1, 0.15) is 5.69 Å². The van der Waals surface area contributed by atoms with Crippen LogP contribution in [0.4, 0.5) is 0 Å². The minimum absolute atomic E-state index is 0.158. The van der Waals surface area contributed by atoms with Crippen molar-refractivity contribution in [1.29, 1.82) is 0 Å². The molecule has 2 rings (SSSR count). The van der Waals surface area contributed by atoms with Crippen molar-refractivity contribution in [2.24, 2.45) is 0 Å². The van der Waals surface area contributed by atoms with Gasteiger partial charge in [0.15, 0.2) is 0 Å². The minimum atomic E-state index is -0.339. The Morgan fingerprint density at radius 3 is 2.61 bits per heavy atom. The van der Waals surface area contributed by atoms with E-state index in [0.717, 1.165) is 5.56 Å². The lowest BCUT2D eigenvalue weighted by Gasteiger charge is -2.13. The summed E-state index contributed by atoms with van der Waals surface area (Å²) in [5.74, 6) is -0.337. The van der Waals surface area contributed by atoms with Crippen molar-refractivity contribution in [3.05, 3.63) is 58.3 Å². The molecule has 2 heterocycles. The quantitative estimate of drug-likeness (QED) is 0.830. The molecule has 0 radical (unpaired) electrons. The molecule has 1 atom stereocenters. The zero-order valence-electron chi connectivity index (χ0n) is 9.75. The summed E-state index contributed by atoms with van der Waals surface area (Å²) in [6, 6.07) is 6.14. The second kappa shape index (κ2) is 5.22. The zero-order chi connectivity index (χ0) is 13.0. The van der Waals surface area contributed by atoms with E-state index in [1.54, 1.807) is 12.4 Å². The van der Waals surface area contributed by atoms with Crippen LogP contribution in [-0.2, 0) is 0 Å². The van der Waals surface area contributed by atoms with Crippen LogP contribution in [0, 0.1) is 0 Å². The lowest BCUT2D eigenvalue weighted by Crippen LogP contribution is -2.28. The van der Waals surface area contributed by atoms with Crippen LogP contribution in [0.5, 0.6) is 0 Å². The van der Waals surface area contributed by atoms with Crippen molar-refractivity contribution < 1.29 is 4.79 Å². The first-order chi connectivity index (χ1) is 8.66. The highest BCUT2D eigenvalue weighted by molar-refractivity contribution is 5.92. The third-order valence-electron chi connectivity index (χ3n) is 2.47. The molecule has 0 aliphatic heterocycles. The number of carbonyl (C=O) groups is 1. The van der Waals surface area contributed by atoms with Crippen LogP contribution in [0.2, 0.25) is 0 Å². The molecule has 2 aromatic heterocycles. The predicted molar refractivity (Wildman–Crippen MR) is 65.0 cm³/mol. The lowest BCUT2D eigenvalue weighted by molar-refractivity contribution is 0.0933. The predicted octanol–water partition coefficient (Wildman–Crippen LogP) is 0.656. The SMILES string of the molecule is C[C@@H](NC(=O)c1ccc(=O)[nH]n1)c1ccncc1. The summed E-state index contributed by atoms with van der Waals surface area (Å²) in [5, 5.41) is 8.66. The van der Waals surface area contributed by atoms with Crippen LogP contribution in [-0.4, -0.2) is 21.1 Å². The van der Waals surface area contributed by atoms with Crippen LogP contribution in [0.1, 0.15) is 29.0 Å². The summed E-state index contributed by atoms with van der Waals surface area (Å²) < 4.78 is 0. The number of amides is 1. The van der Waals surface area contributed by atoms with Gasteiger partial charge in [0, 0.05) is 18.5 Å². The van der Waals surface area contributed by atoms with Crippen LogP contribution in [0.3, 0.4) is 0 Å². The van der Waals surface area contributed by atoms with Crippen LogP contribution >= 0.6 is 0 Å². The highest BCUT2D eigenvalue weighted by Crippen LogP contribution is 2.10. The summed E-state index contributed by atoms with van der Waals surface area (Å²) in [7, 11) is 0. The Balaban J connectivity index is 2.08. The highest BCUT2D eigenvalue weighted by atomic mass is 16.2. The Labute approximate surface area is 103 Å². The summed E-state index contributed by atoms with van der Waals surface area (Å²) in [5.41, 5.74) is 0.784. The molecule has 2 aromatic rings. The molecule has 6 nitrogen and oxygen atoms in total. The van der Waals surface area contributed by atoms with Crippen LogP contribution in [0.25, 0.3) is 0 Å². The van der Waals surface area contributed by atoms with E-state index in [0.29, 0.717) is 0 Å². The number of hydrogen-bond acceptors (Lipinski definition) is 4. The standard InChI is InChI=1S/C12H12N4O2/c1-8(9-4-6-13-7-5-9)14-12(18)10-2-3-11(17)16-15-10/h2-8H,1H3,(H,14,18)(H,16,17)/t8-/m1/s1. The molecule has 0 bridgehead atoms. The molecule has 0 saturated carbocycles. The number of hydrogen-bond donors (Lipinski definition) is 2. The number of rotatable bonds is 3. The van der Waals surface area contributed by atoms with Gasteiger partial charge in [0.25, 0.3) is 11.5 Å². The second-order valence-electron chi connectivity index (χ2n) is 3.78. The van der Waals surface area contributed by atoms with Gasteiger partial charge in [-0.25, -0.2) is 5.10 Å². The third-order valence-corrected chi connectivity index (χ3v) is 2.47. The van der Waals surface area contributed by atoms with Crippen LogP contribution in [0.15, 0.2) is 41.5 Å². The Hall–Kier alpha value is -2.50. The van der Waals surface area contributed by atoms with E-state index in [9.17, 15) is 9.59 Å². The molecular weight excluding hydrogens is 232 g/mol. The maximum atomic E-state index is 11.8. The van der Waals surface area contributed by atoms with Gasteiger partial charge in [-0.1, -0.05) is 0 Å². The monoisotopic (exact) mass is 244 g/mol. The number of H-pyrrole nitrogens is 1. The Morgan fingerprint density at radius 1 is 1.28 bits per heavy atom. The van der Waals surface area contributed by atoms with E-state index in [2.05, 4.69) is 20.5 Å². The number of aromatic amines is 1. The van der Waals surface area contributed by atoms with Crippen molar-refractivity contribution in [3.63, 3.8) is 0 Å². The molecule has 18 heavy (non-hydrogen) atoms. The molecule has 0 aliphatic rings. The van der Waals surface area contributed by atoms with Gasteiger partial charge in [-0.15, -0.1) is 0 Å². The van der Waals surface area contributed by atoms with E-state index in [1.807, 2.05) is 19.1 Å². The number of aromatic nitrogens is 3. The Bertz CT molecular complexity index is 574. The molecule has 2 N–H and O–H groups in total. The van der Waals surface area contributed by atoms with Crippen molar-refractivity contribution in [2.45, 2.75) is 13.0 Å². The number of nitrogens with one attached hydrogen (secondary N) is 2. The molecule has 92 valence electrons. The molecule has 0 unspecified atom stereocenters. The Kier molecular flexibility index (Phi) is 3.47. The molecule has 0 aromatic carbocycles. The van der Waals surface area contributed by atoms with Gasteiger partial charge in [0.2, 0.25) is 0 Å². The number of pyridine rings is 1. The molecular formula is C12H12N4O2. The van der Waals surface area contributed by atoms with Gasteiger partial charge in [-0.3, -0.25) is 14.6 Å². The molecule has 6 heteroatoms. The fraction of sp³-hybridized carbons (Fsp3) is 0.167. The van der Waals surface area contributed by atoms with Crippen LogP contribution < -0.4 is 10.9 Å². The zero-order valence-corrected chi connectivity index (χ0v) is 9.75. The smallest absolute Gasteiger partial charge is 0.272 e. The largest absolute Gasteiger partial charge is 0.344 e. The molecule has 0 fully saturated rings. The Morgan fingerprint density at radius 2 is 2.00 bits per heavy atom. The second-order valence-corrected chi connectivity index (χ2v) is 3.78. The summed E-state index contributed by atoms with van der Waals surface area (Å²) in [6.45, 7) is 1.86. The van der Waals surface area contributed by atoms with E-state index < -0.39 is 0 Å². The van der Waals surface area contributed by atoms with E-state index in [-0.39, 0.29) is 23.2 Å². The molecule has 0 spiro atoms. The maximum Gasteiger partial charge on any atom is 0.272 e. The average molecular weight is 244 g/mol. The first-order valence-electron chi connectivity index (χ1n) is 5.43. The van der Waals surface area contributed by atoms with Gasteiger partial charge in [-0.05, 0) is 30.7 Å². The number of carbonyl (C=O) groups excluding carboxylic acids is 1. The molecule has 0 saturated heterocycles. The van der Waals surface area contributed by atoms with E-state index in [4.69, 9.17) is 0 Å². The van der Waals surface area contributed by atoms with E-state index >= 15 is 0 Å². The van der Waals surface area contributed by atoms with E-state index in [1.165, 1.54) is 12.1 Å². The van der Waals surface area contributed by atoms with Gasteiger partial charge >= 0.3 is 0 Å². The molecule has 0 aliphatic carbocycles.